The molecule has 0 aliphatic carbocycles. The van der Waals surface area contributed by atoms with Crippen LogP contribution in [0.4, 0.5) is 0 Å². The first kappa shape index (κ1) is 31.8. The number of hydrogen-bond donors (Lipinski definition) is 0. The van der Waals surface area contributed by atoms with Crippen molar-refractivity contribution in [2.45, 2.75) is 81.1 Å². The van der Waals surface area contributed by atoms with E-state index in [1.165, 1.54) is 25.7 Å². The minimum atomic E-state index is 0.664. The van der Waals surface area contributed by atoms with Crippen LogP contribution in [0, 0.1) is 0 Å². The maximum Gasteiger partial charge on any atom is 0.161 e. The van der Waals surface area contributed by atoms with Gasteiger partial charge in [-0.2, -0.15) is 0 Å². The van der Waals surface area contributed by atoms with Crippen LogP contribution in [0.2, 0.25) is 0 Å². The Morgan fingerprint density at radius 3 is 0.781 bits per heavy atom. The fraction of sp³-hybridized carbons (Fsp3) is 0.571. The van der Waals surface area contributed by atoms with E-state index in [0.717, 1.165) is 23.0 Å². The molecule has 2 aliphatic rings. The third kappa shape index (κ3) is 15.4. The van der Waals surface area contributed by atoms with Gasteiger partial charge >= 0.3 is 0 Å². The predicted octanol–water partition coefficient (Wildman–Crippen LogP) is 8.58. The monoisotopic (exact) mass is 448 g/mol. The average molecular weight is 449 g/mol. The van der Waals surface area contributed by atoms with Crippen LogP contribution in [-0.4, -0.2) is 26.4 Å². The van der Waals surface area contributed by atoms with E-state index < -0.39 is 0 Å². The molecule has 4 rings (SSSR count). The zero-order valence-electron chi connectivity index (χ0n) is 21.9. The van der Waals surface area contributed by atoms with Gasteiger partial charge in [0.1, 0.15) is 26.4 Å². The van der Waals surface area contributed by atoms with Crippen molar-refractivity contribution in [3.63, 3.8) is 0 Å². The third-order valence-electron chi connectivity index (χ3n) is 3.90. The molecule has 0 N–H and O–H groups in total. The molecular formula is C28H48O4. The quantitative estimate of drug-likeness (QED) is 0.461. The molecule has 32 heavy (non-hydrogen) atoms. The summed E-state index contributed by atoms with van der Waals surface area (Å²) in [4.78, 5) is 0. The van der Waals surface area contributed by atoms with Gasteiger partial charge in [0.15, 0.2) is 23.0 Å². The van der Waals surface area contributed by atoms with Gasteiger partial charge in [-0.05, 0) is 24.3 Å². The Kier molecular flexibility index (Phi) is 24.8. The Labute approximate surface area is 198 Å². The first-order valence-corrected chi connectivity index (χ1v) is 12.5. The highest BCUT2D eigenvalue weighted by Crippen LogP contribution is 2.29. The molecule has 0 aromatic heterocycles. The smallest absolute Gasteiger partial charge is 0.161 e. The third-order valence-corrected chi connectivity index (χ3v) is 3.90. The van der Waals surface area contributed by atoms with Crippen LogP contribution in [0.1, 0.15) is 81.1 Å². The summed E-state index contributed by atoms with van der Waals surface area (Å²) in [5.74, 6) is 3.42. The summed E-state index contributed by atoms with van der Waals surface area (Å²) in [6, 6.07) is 15.4. The van der Waals surface area contributed by atoms with Crippen molar-refractivity contribution >= 4 is 0 Å². The summed E-state index contributed by atoms with van der Waals surface area (Å²) in [7, 11) is 0. The zero-order chi connectivity index (χ0) is 24.5. The Balaban J connectivity index is 0. The Morgan fingerprint density at radius 1 is 0.438 bits per heavy atom. The van der Waals surface area contributed by atoms with Crippen molar-refractivity contribution in [3.05, 3.63) is 48.5 Å². The molecule has 2 heterocycles. The summed E-state index contributed by atoms with van der Waals surface area (Å²) >= 11 is 0. The van der Waals surface area contributed by atoms with E-state index in [1.807, 2.05) is 76.2 Å². The molecule has 0 radical (unpaired) electrons. The highest BCUT2D eigenvalue weighted by Gasteiger charge is 2.08. The molecular weight excluding hydrogens is 400 g/mol. The fourth-order valence-corrected chi connectivity index (χ4v) is 1.98. The lowest BCUT2D eigenvalue weighted by Crippen LogP contribution is -2.14. The minimum absolute atomic E-state index is 0.664. The predicted molar refractivity (Wildman–Crippen MR) is 139 cm³/mol. The molecule has 0 fully saturated rings. The maximum absolute atomic E-state index is 5.30. The van der Waals surface area contributed by atoms with Gasteiger partial charge in [-0.1, -0.05) is 105 Å². The molecule has 2 aromatic carbocycles. The Hall–Kier alpha value is -2.36. The second-order valence-electron chi connectivity index (χ2n) is 6.29. The first-order chi connectivity index (χ1) is 15.8. The van der Waals surface area contributed by atoms with E-state index >= 15 is 0 Å². The highest BCUT2D eigenvalue weighted by atomic mass is 16.6. The van der Waals surface area contributed by atoms with Crippen LogP contribution in [0.3, 0.4) is 0 Å². The number of ether oxygens (including phenoxy) is 4. The molecule has 2 aromatic rings. The van der Waals surface area contributed by atoms with Crippen molar-refractivity contribution in [1.29, 1.82) is 0 Å². The van der Waals surface area contributed by atoms with E-state index in [-0.39, 0.29) is 0 Å². The maximum atomic E-state index is 5.30. The van der Waals surface area contributed by atoms with E-state index in [9.17, 15) is 0 Å². The number of unbranched alkanes of at least 4 members (excludes halogenated alkanes) is 2. The molecule has 0 atom stereocenters. The van der Waals surface area contributed by atoms with E-state index in [2.05, 4.69) is 27.7 Å². The SMILES string of the molecule is CC.CC.CCCC.CCCC.c1ccc2c(c1)OCCO2.c1ccc2c(c1)OCCO2. The normalized spacial score (nSPS) is 11.5. The van der Waals surface area contributed by atoms with Crippen LogP contribution in [0.5, 0.6) is 23.0 Å². The number of benzene rings is 2. The molecule has 0 spiro atoms. The largest absolute Gasteiger partial charge is 0.486 e. The molecule has 0 saturated carbocycles. The molecule has 0 unspecified atom stereocenters. The Morgan fingerprint density at radius 2 is 0.625 bits per heavy atom. The molecule has 0 amide bonds. The van der Waals surface area contributed by atoms with Crippen LogP contribution >= 0.6 is 0 Å². The molecule has 4 heteroatoms. The number of rotatable bonds is 2. The fourth-order valence-electron chi connectivity index (χ4n) is 1.98. The van der Waals surface area contributed by atoms with Crippen molar-refractivity contribution in [3.8, 4) is 23.0 Å². The lowest BCUT2D eigenvalue weighted by Gasteiger charge is -2.17. The summed E-state index contributed by atoms with van der Waals surface area (Å²) in [5, 5.41) is 0. The second kappa shape index (κ2) is 24.9. The minimum Gasteiger partial charge on any atom is -0.486 e. The van der Waals surface area contributed by atoms with Gasteiger partial charge < -0.3 is 18.9 Å². The average Bonchev–Trinajstić information content (AvgIpc) is 2.92. The van der Waals surface area contributed by atoms with E-state index in [4.69, 9.17) is 18.9 Å². The number of para-hydroxylation sites is 4. The molecule has 0 bridgehead atoms. The summed E-state index contributed by atoms with van der Waals surface area (Å²) in [6.45, 7) is 19.4. The molecule has 184 valence electrons. The molecule has 2 aliphatic heterocycles. The highest BCUT2D eigenvalue weighted by molar-refractivity contribution is 5.40. The van der Waals surface area contributed by atoms with Gasteiger partial charge in [-0.15, -0.1) is 0 Å². The van der Waals surface area contributed by atoms with Crippen LogP contribution in [0.15, 0.2) is 48.5 Å². The summed E-state index contributed by atoms with van der Waals surface area (Å²) in [5.41, 5.74) is 0. The first-order valence-electron chi connectivity index (χ1n) is 12.5. The van der Waals surface area contributed by atoms with Gasteiger partial charge in [0.25, 0.3) is 0 Å². The van der Waals surface area contributed by atoms with Crippen molar-refractivity contribution < 1.29 is 18.9 Å². The lowest BCUT2D eigenvalue weighted by molar-refractivity contribution is 0.171. The van der Waals surface area contributed by atoms with Crippen LogP contribution in [-0.2, 0) is 0 Å². The van der Waals surface area contributed by atoms with Gasteiger partial charge in [-0.25, -0.2) is 0 Å². The lowest BCUT2D eigenvalue weighted by atomic mass is 10.3. The topological polar surface area (TPSA) is 36.9 Å². The summed E-state index contributed by atoms with van der Waals surface area (Å²) < 4.78 is 21.2. The second-order valence-corrected chi connectivity index (χ2v) is 6.29. The van der Waals surface area contributed by atoms with Crippen LogP contribution < -0.4 is 18.9 Å². The standard InChI is InChI=1S/2C8H8O2.2C4H10.2C2H6/c2*1-2-4-8-7(3-1)9-5-6-10-8;2*1-3-4-2;2*1-2/h2*1-4H,5-6H2;2*3-4H2,1-2H3;2*1-2H3. The van der Waals surface area contributed by atoms with Gasteiger partial charge in [0.05, 0.1) is 0 Å². The van der Waals surface area contributed by atoms with Gasteiger partial charge in [-0.3, -0.25) is 0 Å². The van der Waals surface area contributed by atoms with E-state index in [0.29, 0.717) is 26.4 Å². The van der Waals surface area contributed by atoms with Crippen molar-refractivity contribution in [2.75, 3.05) is 26.4 Å². The van der Waals surface area contributed by atoms with Gasteiger partial charge in [0.2, 0.25) is 0 Å². The van der Waals surface area contributed by atoms with Crippen molar-refractivity contribution in [2.24, 2.45) is 0 Å². The molecule has 4 nitrogen and oxygen atoms in total. The summed E-state index contributed by atoms with van der Waals surface area (Å²) in [6.07, 6.45) is 5.28. The van der Waals surface area contributed by atoms with Gasteiger partial charge in [0, 0.05) is 0 Å². The number of fused-ring (bicyclic) bond motifs is 2. The van der Waals surface area contributed by atoms with Crippen molar-refractivity contribution in [1.82, 2.24) is 0 Å². The van der Waals surface area contributed by atoms with E-state index in [1.54, 1.807) is 0 Å². The molecule has 0 saturated heterocycles. The Bertz CT molecular complexity index is 519. The zero-order valence-corrected chi connectivity index (χ0v) is 21.9. The number of hydrogen-bond acceptors (Lipinski definition) is 4. The van der Waals surface area contributed by atoms with Crippen LogP contribution in [0.25, 0.3) is 0 Å².